The molecule has 0 aliphatic rings. The quantitative estimate of drug-likeness (QED) is 0.415. The summed E-state index contributed by atoms with van der Waals surface area (Å²) in [5, 5.41) is 7.30. The summed E-state index contributed by atoms with van der Waals surface area (Å²) >= 11 is 0. The molecular formula is C10H23N3O3S. The summed E-state index contributed by atoms with van der Waals surface area (Å²) < 4.78 is 30.9. The third-order valence-corrected chi connectivity index (χ3v) is 3.43. The minimum Gasteiger partial charge on any atom is -0.386 e. The van der Waals surface area contributed by atoms with E-state index in [2.05, 4.69) is 4.72 Å². The Balaban J connectivity index is 4.26. The lowest BCUT2D eigenvalue weighted by Crippen LogP contribution is -2.45. The first-order valence-electron chi connectivity index (χ1n) is 5.74. The van der Waals surface area contributed by atoms with Gasteiger partial charge >= 0.3 is 0 Å². The van der Waals surface area contributed by atoms with Gasteiger partial charge in [0.2, 0.25) is 10.0 Å². The predicted molar refractivity (Wildman–Crippen MR) is 68.6 cm³/mol. The molecule has 0 aromatic rings. The van der Waals surface area contributed by atoms with Crippen LogP contribution in [0.3, 0.4) is 0 Å². The molecule has 102 valence electrons. The Kier molecular flexibility index (Phi) is 7.33. The Bertz CT molecular complexity index is 328. The molecule has 4 N–H and O–H groups in total. The molecule has 0 radical (unpaired) electrons. The molecule has 0 aromatic heterocycles. The van der Waals surface area contributed by atoms with Crippen molar-refractivity contribution in [2.24, 2.45) is 5.73 Å². The molecule has 1 unspecified atom stereocenters. The Labute approximate surface area is 103 Å². The lowest BCUT2D eigenvalue weighted by molar-refractivity contribution is 0.0911. The van der Waals surface area contributed by atoms with E-state index >= 15 is 0 Å². The van der Waals surface area contributed by atoms with E-state index in [1.165, 1.54) is 0 Å². The van der Waals surface area contributed by atoms with Crippen molar-refractivity contribution in [2.75, 3.05) is 12.4 Å². The number of rotatable bonds is 9. The Morgan fingerprint density at radius 3 is 2.47 bits per heavy atom. The highest BCUT2D eigenvalue weighted by Gasteiger charge is 2.19. The van der Waals surface area contributed by atoms with Gasteiger partial charge < -0.3 is 10.5 Å². The fourth-order valence-corrected chi connectivity index (χ4v) is 2.35. The maximum atomic E-state index is 11.7. The number of ether oxygens (including phenoxy) is 1. The molecule has 0 saturated carbocycles. The highest BCUT2D eigenvalue weighted by molar-refractivity contribution is 7.89. The largest absolute Gasteiger partial charge is 0.386 e. The molecule has 1 atom stereocenters. The minimum atomic E-state index is -3.44. The highest BCUT2D eigenvalue weighted by Crippen LogP contribution is 1.99. The van der Waals surface area contributed by atoms with Crippen LogP contribution in [0.4, 0.5) is 0 Å². The van der Waals surface area contributed by atoms with Crippen LogP contribution in [0.1, 0.15) is 33.6 Å². The van der Waals surface area contributed by atoms with Crippen LogP contribution >= 0.6 is 0 Å². The first-order chi connectivity index (χ1) is 7.78. The standard InChI is InChI=1S/C10H23N3O3S/c1-4-5-9(10(11)12)13-17(14,15)7-6-16-8(2)3/h8-9,13H,4-7H2,1-3H3,(H3,11,12). The van der Waals surface area contributed by atoms with Crippen LogP contribution < -0.4 is 10.5 Å². The van der Waals surface area contributed by atoms with Crippen LogP contribution in [0.2, 0.25) is 0 Å². The van der Waals surface area contributed by atoms with Gasteiger partial charge in [-0.25, -0.2) is 13.1 Å². The van der Waals surface area contributed by atoms with Crippen molar-refractivity contribution in [3.05, 3.63) is 0 Å². The van der Waals surface area contributed by atoms with Gasteiger partial charge in [0.1, 0.15) is 5.84 Å². The van der Waals surface area contributed by atoms with Crippen molar-refractivity contribution in [3.63, 3.8) is 0 Å². The van der Waals surface area contributed by atoms with Gasteiger partial charge in [0.25, 0.3) is 0 Å². The van der Waals surface area contributed by atoms with Gasteiger partial charge in [-0.15, -0.1) is 0 Å². The molecule has 6 nitrogen and oxygen atoms in total. The molecule has 7 heteroatoms. The SMILES string of the molecule is CCCC(NS(=O)(=O)CCOC(C)C)C(=N)N. The summed E-state index contributed by atoms with van der Waals surface area (Å²) in [5.74, 6) is -0.265. The van der Waals surface area contributed by atoms with E-state index in [0.29, 0.717) is 6.42 Å². The lowest BCUT2D eigenvalue weighted by atomic mass is 10.2. The molecule has 0 saturated heterocycles. The van der Waals surface area contributed by atoms with E-state index in [1.54, 1.807) is 0 Å². The van der Waals surface area contributed by atoms with Crippen LogP contribution in [-0.4, -0.2) is 38.8 Å². The van der Waals surface area contributed by atoms with E-state index in [1.807, 2.05) is 20.8 Å². The third-order valence-electron chi connectivity index (χ3n) is 2.08. The molecule has 0 aliphatic carbocycles. The molecule has 0 amide bonds. The fraction of sp³-hybridized carbons (Fsp3) is 0.900. The number of nitrogens with two attached hydrogens (primary N) is 1. The molecule has 0 bridgehead atoms. The number of amidine groups is 1. The molecule has 0 fully saturated rings. The van der Waals surface area contributed by atoms with Crippen LogP contribution in [0.15, 0.2) is 0 Å². The van der Waals surface area contributed by atoms with Gasteiger partial charge in [-0.2, -0.15) is 0 Å². The minimum absolute atomic E-state index is 0.00412. The van der Waals surface area contributed by atoms with E-state index in [0.717, 1.165) is 6.42 Å². The second-order valence-electron chi connectivity index (χ2n) is 4.15. The molecule has 0 heterocycles. The fourth-order valence-electron chi connectivity index (χ4n) is 1.24. The van der Waals surface area contributed by atoms with Crippen molar-refractivity contribution >= 4 is 15.9 Å². The van der Waals surface area contributed by atoms with Gasteiger partial charge in [-0.3, -0.25) is 5.41 Å². The lowest BCUT2D eigenvalue weighted by Gasteiger charge is -2.17. The summed E-state index contributed by atoms with van der Waals surface area (Å²) in [7, 11) is -3.44. The Morgan fingerprint density at radius 2 is 2.06 bits per heavy atom. The molecular weight excluding hydrogens is 242 g/mol. The average molecular weight is 265 g/mol. The summed E-state index contributed by atoms with van der Waals surface area (Å²) in [6.45, 7) is 5.74. The van der Waals surface area contributed by atoms with Crippen LogP contribution in [-0.2, 0) is 14.8 Å². The average Bonchev–Trinajstić information content (AvgIpc) is 2.15. The van der Waals surface area contributed by atoms with Gasteiger partial charge in [0, 0.05) is 0 Å². The number of hydrogen-bond acceptors (Lipinski definition) is 4. The highest BCUT2D eigenvalue weighted by atomic mass is 32.2. The molecule has 0 rings (SSSR count). The first kappa shape index (κ1) is 16.3. The van der Waals surface area contributed by atoms with Crippen molar-refractivity contribution in [2.45, 2.75) is 45.8 Å². The van der Waals surface area contributed by atoms with Crippen LogP contribution in [0.5, 0.6) is 0 Å². The first-order valence-corrected chi connectivity index (χ1v) is 7.39. The van der Waals surface area contributed by atoms with Crippen LogP contribution in [0, 0.1) is 5.41 Å². The smallest absolute Gasteiger partial charge is 0.214 e. The van der Waals surface area contributed by atoms with E-state index < -0.39 is 16.1 Å². The topological polar surface area (TPSA) is 105 Å². The second kappa shape index (κ2) is 7.62. The van der Waals surface area contributed by atoms with Crippen molar-refractivity contribution in [3.8, 4) is 0 Å². The predicted octanol–water partition coefficient (Wildman–Crippen LogP) is 0.435. The summed E-state index contributed by atoms with van der Waals surface area (Å²) in [4.78, 5) is 0. The third kappa shape index (κ3) is 8.12. The zero-order chi connectivity index (χ0) is 13.5. The van der Waals surface area contributed by atoms with Crippen molar-refractivity contribution in [1.29, 1.82) is 5.41 Å². The van der Waals surface area contributed by atoms with Crippen molar-refractivity contribution < 1.29 is 13.2 Å². The van der Waals surface area contributed by atoms with E-state index in [9.17, 15) is 8.42 Å². The Hall–Kier alpha value is -0.660. The van der Waals surface area contributed by atoms with Gasteiger partial charge in [0.15, 0.2) is 0 Å². The Morgan fingerprint density at radius 1 is 1.47 bits per heavy atom. The molecule has 0 aliphatic heterocycles. The van der Waals surface area contributed by atoms with Gasteiger partial charge in [-0.1, -0.05) is 13.3 Å². The maximum absolute atomic E-state index is 11.7. The summed E-state index contributed by atoms with van der Waals surface area (Å²) in [6.07, 6.45) is 1.29. The van der Waals surface area contributed by atoms with Crippen molar-refractivity contribution in [1.82, 2.24) is 4.72 Å². The second-order valence-corrected chi connectivity index (χ2v) is 6.03. The monoisotopic (exact) mass is 265 g/mol. The molecule has 17 heavy (non-hydrogen) atoms. The number of nitrogens with one attached hydrogen (secondary N) is 2. The number of sulfonamides is 1. The van der Waals surface area contributed by atoms with Gasteiger partial charge in [0.05, 0.1) is 24.5 Å². The van der Waals surface area contributed by atoms with E-state index in [-0.39, 0.29) is 24.3 Å². The van der Waals surface area contributed by atoms with E-state index in [4.69, 9.17) is 15.9 Å². The normalized spacial score (nSPS) is 13.9. The molecule has 0 spiro atoms. The maximum Gasteiger partial charge on any atom is 0.214 e. The number of hydrogen-bond donors (Lipinski definition) is 3. The summed E-state index contributed by atoms with van der Waals surface area (Å²) in [5.41, 5.74) is 5.33. The molecule has 0 aromatic carbocycles. The zero-order valence-electron chi connectivity index (χ0n) is 10.7. The zero-order valence-corrected chi connectivity index (χ0v) is 11.5. The van der Waals surface area contributed by atoms with Crippen LogP contribution in [0.25, 0.3) is 0 Å². The van der Waals surface area contributed by atoms with Gasteiger partial charge in [-0.05, 0) is 20.3 Å². The summed E-state index contributed by atoms with van der Waals surface area (Å²) in [6, 6.07) is -0.607.